The second kappa shape index (κ2) is 12.8. The van der Waals surface area contributed by atoms with E-state index in [4.69, 9.17) is 14.2 Å². The number of hydrogen-bond acceptors (Lipinski definition) is 7. The molecular formula is C31H28F7N3O5. The molecule has 1 saturated heterocycles. The highest BCUT2D eigenvalue weighted by atomic mass is 19.4. The van der Waals surface area contributed by atoms with Crippen LogP contribution in [0, 0.1) is 12.7 Å². The number of anilines is 2. The number of halogens is 7. The number of fused-ring (bicyclic) bond motifs is 1. The number of pyridine rings is 1. The number of alkyl halides is 6. The number of morpholine rings is 1. The van der Waals surface area contributed by atoms with Crippen LogP contribution in [0.3, 0.4) is 0 Å². The molecule has 3 aromatic rings. The Morgan fingerprint density at radius 3 is 2.41 bits per heavy atom. The van der Waals surface area contributed by atoms with E-state index < -0.39 is 53.8 Å². The van der Waals surface area contributed by atoms with Crippen LogP contribution < -0.4 is 14.5 Å². The molecule has 1 fully saturated rings. The van der Waals surface area contributed by atoms with Crippen molar-refractivity contribution in [3.8, 4) is 16.9 Å². The maximum absolute atomic E-state index is 15.2. The molecule has 0 unspecified atom stereocenters. The van der Waals surface area contributed by atoms with Gasteiger partial charge in [0.15, 0.2) is 17.7 Å². The van der Waals surface area contributed by atoms with E-state index >= 15 is 4.39 Å². The number of amides is 1. The first-order chi connectivity index (χ1) is 21.7. The van der Waals surface area contributed by atoms with Crippen LogP contribution in [0.5, 0.6) is 5.75 Å². The second-order valence-electron chi connectivity index (χ2n) is 10.7. The summed E-state index contributed by atoms with van der Waals surface area (Å²) in [5.74, 6) is -3.66. The fourth-order valence-electron chi connectivity index (χ4n) is 5.39. The summed E-state index contributed by atoms with van der Waals surface area (Å²) in [4.78, 5) is 30.5. The minimum Gasteiger partial charge on any atom is -0.489 e. The van der Waals surface area contributed by atoms with E-state index in [-0.39, 0.29) is 47.0 Å². The zero-order valence-corrected chi connectivity index (χ0v) is 24.6. The first-order valence-corrected chi connectivity index (χ1v) is 14.2. The Morgan fingerprint density at radius 2 is 1.78 bits per heavy atom. The Balaban J connectivity index is 1.55. The van der Waals surface area contributed by atoms with Crippen molar-refractivity contribution in [1.82, 2.24) is 4.98 Å². The molecule has 15 heteroatoms. The number of carbonyl (C=O) groups is 2. The van der Waals surface area contributed by atoms with E-state index in [9.17, 15) is 35.9 Å². The fourth-order valence-corrected chi connectivity index (χ4v) is 5.39. The SMILES string of the molecule is CCC(=O)O[C@@H]1COc2cc(N(Cc3ccc(C(F)(F)F)c(-c4cnc(N5CCOCC5)c(F)c4)c3C)C(=O)C(F)(F)F)ccc21. The molecule has 0 N–H and O–H groups in total. The molecule has 0 radical (unpaired) electrons. The lowest BCUT2D eigenvalue weighted by molar-refractivity contribution is -0.170. The molecular weight excluding hydrogens is 627 g/mol. The monoisotopic (exact) mass is 655 g/mol. The van der Waals surface area contributed by atoms with Crippen molar-refractivity contribution in [2.45, 2.75) is 45.3 Å². The third-order valence-electron chi connectivity index (χ3n) is 7.73. The summed E-state index contributed by atoms with van der Waals surface area (Å²) in [6.07, 6.45) is -9.88. The van der Waals surface area contributed by atoms with E-state index in [1.54, 1.807) is 11.8 Å². The predicted molar refractivity (Wildman–Crippen MR) is 151 cm³/mol. The zero-order chi connectivity index (χ0) is 33.4. The van der Waals surface area contributed by atoms with Crippen LogP contribution in [0.4, 0.5) is 42.2 Å². The highest BCUT2D eigenvalue weighted by Gasteiger charge is 2.44. The first kappa shape index (κ1) is 33.0. The van der Waals surface area contributed by atoms with Crippen molar-refractivity contribution in [3.63, 3.8) is 0 Å². The summed E-state index contributed by atoms with van der Waals surface area (Å²) in [6, 6.07) is 6.29. The topological polar surface area (TPSA) is 81.2 Å². The van der Waals surface area contributed by atoms with Gasteiger partial charge in [-0.05, 0) is 47.9 Å². The lowest BCUT2D eigenvalue weighted by Gasteiger charge is -2.28. The van der Waals surface area contributed by atoms with Gasteiger partial charge in [-0.25, -0.2) is 9.37 Å². The van der Waals surface area contributed by atoms with Gasteiger partial charge in [0.05, 0.1) is 25.3 Å². The third-order valence-corrected chi connectivity index (χ3v) is 7.73. The quantitative estimate of drug-likeness (QED) is 0.212. The summed E-state index contributed by atoms with van der Waals surface area (Å²) >= 11 is 0. The number of benzene rings is 2. The lowest BCUT2D eigenvalue weighted by Crippen LogP contribution is -2.41. The molecule has 0 bridgehead atoms. The van der Waals surface area contributed by atoms with Crippen LogP contribution in [-0.2, 0) is 31.8 Å². The van der Waals surface area contributed by atoms with Crippen LogP contribution >= 0.6 is 0 Å². The second-order valence-corrected chi connectivity index (χ2v) is 10.7. The van der Waals surface area contributed by atoms with Gasteiger partial charge < -0.3 is 24.0 Å². The molecule has 0 aliphatic carbocycles. The number of nitrogens with zero attached hydrogens (tertiary/aromatic N) is 3. The molecule has 1 amide bonds. The van der Waals surface area contributed by atoms with Crippen molar-refractivity contribution in [1.29, 1.82) is 0 Å². The normalized spacial score (nSPS) is 16.5. The highest BCUT2D eigenvalue weighted by molar-refractivity contribution is 5.97. The van der Waals surface area contributed by atoms with E-state index in [1.165, 1.54) is 25.1 Å². The molecule has 2 aromatic carbocycles. The Morgan fingerprint density at radius 1 is 1.07 bits per heavy atom. The maximum atomic E-state index is 15.2. The van der Waals surface area contributed by atoms with Crippen molar-refractivity contribution in [2.24, 2.45) is 0 Å². The van der Waals surface area contributed by atoms with Gasteiger partial charge in [0, 0.05) is 48.6 Å². The number of rotatable bonds is 7. The van der Waals surface area contributed by atoms with Gasteiger partial charge in [-0.2, -0.15) is 26.3 Å². The number of ether oxygens (including phenoxy) is 3. The van der Waals surface area contributed by atoms with Gasteiger partial charge in [-0.1, -0.05) is 13.0 Å². The van der Waals surface area contributed by atoms with E-state index in [0.29, 0.717) is 42.8 Å². The lowest BCUT2D eigenvalue weighted by atomic mass is 9.91. The molecule has 2 aliphatic heterocycles. The first-order valence-electron chi connectivity index (χ1n) is 14.2. The van der Waals surface area contributed by atoms with Crippen molar-refractivity contribution in [2.75, 3.05) is 42.7 Å². The van der Waals surface area contributed by atoms with Crippen LogP contribution in [0.1, 0.15) is 41.7 Å². The van der Waals surface area contributed by atoms with Gasteiger partial charge in [-0.15, -0.1) is 0 Å². The predicted octanol–water partition coefficient (Wildman–Crippen LogP) is 6.53. The molecule has 1 atom stereocenters. The number of carbonyl (C=O) groups excluding carboxylic acids is 2. The Hall–Kier alpha value is -4.40. The summed E-state index contributed by atoms with van der Waals surface area (Å²) in [5, 5.41) is 0. The smallest absolute Gasteiger partial charge is 0.471 e. The molecule has 0 saturated carbocycles. The van der Waals surface area contributed by atoms with E-state index in [0.717, 1.165) is 18.3 Å². The summed E-state index contributed by atoms with van der Waals surface area (Å²) in [6.45, 7) is 3.25. The molecule has 246 valence electrons. The van der Waals surface area contributed by atoms with Gasteiger partial charge in [0.25, 0.3) is 0 Å². The van der Waals surface area contributed by atoms with Gasteiger partial charge in [-0.3, -0.25) is 9.59 Å². The standard InChI is InChI=1S/C31H28F7N3O5/c1-3-26(42)46-25-16-45-24-13-20(5-6-21(24)25)41(29(43)31(36,37)38)15-18-4-7-22(30(33,34)35)27(17(18)2)19-12-23(32)28(39-14-19)40-8-10-44-11-9-40/h4-7,12-14,25H,3,8-11,15-16H2,1-2H3/t25-/m1/s1. The van der Waals surface area contributed by atoms with Crippen LogP contribution in [0.2, 0.25) is 0 Å². The number of aromatic nitrogens is 1. The molecule has 2 aliphatic rings. The molecule has 3 heterocycles. The Kier molecular flexibility index (Phi) is 9.16. The van der Waals surface area contributed by atoms with E-state index in [2.05, 4.69) is 4.98 Å². The van der Waals surface area contributed by atoms with Gasteiger partial charge >= 0.3 is 24.2 Å². The molecule has 1 aromatic heterocycles. The number of esters is 1. The Bertz CT molecular complexity index is 1640. The zero-order valence-electron chi connectivity index (χ0n) is 24.6. The number of hydrogen-bond donors (Lipinski definition) is 0. The largest absolute Gasteiger partial charge is 0.489 e. The van der Waals surface area contributed by atoms with Gasteiger partial charge in [0.1, 0.15) is 12.4 Å². The summed E-state index contributed by atoms with van der Waals surface area (Å²) in [5.41, 5.74) is -1.94. The minimum atomic E-state index is -5.34. The molecule has 46 heavy (non-hydrogen) atoms. The van der Waals surface area contributed by atoms with Crippen LogP contribution in [0.15, 0.2) is 42.6 Å². The molecule has 8 nitrogen and oxygen atoms in total. The van der Waals surface area contributed by atoms with E-state index in [1.807, 2.05) is 0 Å². The van der Waals surface area contributed by atoms with Crippen molar-refractivity contribution >= 4 is 23.4 Å². The maximum Gasteiger partial charge on any atom is 0.471 e. The molecule has 0 spiro atoms. The summed E-state index contributed by atoms with van der Waals surface area (Å²) < 4.78 is 115. The van der Waals surface area contributed by atoms with Crippen molar-refractivity contribution < 1.29 is 54.5 Å². The fraction of sp³-hybridized carbons (Fsp3) is 0.387. The third kappa shape index (κ3) is 6.73. The Labute approximate surface area is 258 Å². The van der Waals surface area contributed by atoms with Crippen LogP contribution in [-0.4, -0.2) is 55.9 Å². The summed E-state index contributed by atoms with van der Waals surface area (Å²) in [7, 11) is 0. The minimum absolute atomic E-state index is 0.0607. The average molecular weight is 656 g/mol. The highest BCUT2D eigenvalue weighted by Crippen LogP contribution is 2.42. The average Bonchev–Trinajstić information content (AvgIpc) is 3.40. The van der Waals surface area contributed by atoms with Crippen LogP contribution in [0.25, 0.3) is 11.1 Å². The van der Waals surface area contributed by atoms with Crippen molar-refractivity contribution in [3.05, 3.63) is 70.7 Å². The molecule has 5 rings (SSSR count). The van der Waals surface area contributed by atoms with Gasteiger partial charge in [0.2, 0.25) is 0 Å².